The molecule has 3 heteroatoms. The molecule has 0 unspecified atom stereocenters. The van der Waals surface area contributed by atoms with E-state index in [1.165, 1.54) is 16.5 Å². The molecule has 2 aromatic rings. The van der Waals surface area contributed by atoms with Crippen LogP contribution in [-0.2, 0) is 17.3 Å². The zero-order valence-electron chi connectivity index (χ0n) is 10.0. The van der Waals surface area contributed by atoms with Gasteiger partial charge in [-0.2, -0.15) is 0 Å². The summed E-state index contributed by atoms with van der Waals surface area (Å²) < 4.78 is 2.14. The summed E-state index contributed by atoms with van der Waals surface area (Å²) in [5.41, 5.74) is 2.44. The van der Waals surface area contributed by atoms with Crippen molar-refractivity contribution < 1.29 is 4.84 Å². The van der Waals surface area contributed by atoms with Gasteiger partial charge in [0, 0.05) is 18.7 Å². The molecule has 0 atom stereocenters. The quantitative estimate of drug-likeness (QED) is 0.803. The predicted molar refractivity (Wildman–Crippen MR) is 66.1 cm³/mol. The third-order valence-corrected chi connectivity index (χ3v) is 3.07. The summed E-state index contributed by atoms with van der Waals surface area (Å²) in [4.78, 5) is 4.82. The summed E-state index contributed by atoms with van der Waals surface area (Å²) in [6.45, 7) is 4.79. The summed E-state index contributed by atoms with van der Waals surface area (Å²) in [6.07, 6.45) is 2.08. The smallest absolute Gasteiger partial charge is 0.0771 e. The van der Waals surface area contributed by atoms with E-state index in [1.54, 1.807) is 0 Å². The minimum absolute atomic E-state index is 0.0830. The highest BCUT2D eigenvalue weighted by atomic mass is 16.6. The molecule has 0 aliphatic heterocycles. The van der Waals surface area contributed by atoms with Crippen molar-refractivity contribution in [3.63, 3.8) is 0 Å². The standard InChI is InChI=1S/C13H18N2O/c1-13(2,9-16-14)11-6-4-5-10-7-8-15(3)12(10)11/h4-8H,9,14H2,1-3H3. The van der Waals surface area contributed by atoms with Gasteiger partial charge in [0.05, 0.1) is 12.1 Å². The molecule has 0 amide bonds. The van der Waals surface area contributed by atoms with Gasteiger partial charge in [0.1, 0.15) is 0 Å². The maximum atomic E-state index is 5.20. The predicted octanol–water partition coefficient (Wildman–Crippen LogP) is 2.35. The molecule has 1 aromatic carbocycles. The van der Waals surface area contributed by atoms with Crippen molar-refractivity contribution in [1.29, 1.82) is 0 Å². The van der Waals surface area contributed by atoms with Crippen LogP contribution in [0, 0.1) is 0 Å². The Kier molecular flexibility index (Phi) is 2.74. The number of aryl methyl sites for hydroxylation is 1. The lowest BCUT2D eigenvalue weighted by Crippen LogP contribution is -2.26. The van der Waals surface area contributed by atoms with Gasteiger partial charge < -0.3 is 9.40 Å². The van der Waals surface area contributed by atoms with Crippen molar-refractivity contribution in [2.45, 2.75) is 19.3 Å². The summed E-state index contributed by atoms with van der Waals surface area (Å²) in [5.74, 6) is 5.20. The Morgan fingerprint density at radius 1 is 1.31 bits per heavy atom. The number of benzene rings is 1. The normalized spacial score (nSPS) is 12.2. The lowest BCUT2D eigenvalue weighted by atomic mass is 9.84. The van der Waals surface area contributed by atoms with Crippen molar-refractivity contribution in [3.05, 3.63) is 36.0 Å². The molecular formula is C13H18N2O. The molecule has 0 fully saturated rings. The molecule has 3 nitrogen and oxygen atoms in total. The van der Waals surface area contributed by atoms with Crippen LogP contribution in [0.4, 0.5) is 0 Å². The maximum Gasteiger partial charge on any atom is 0.0771 e. The molecule has 16 heavy (non-hydrogen) atoms. The molecule has 0 radical (unpaired) electrons. The first kappa shape index (κ1) is 11.2. The number of nitrogens with two attached hydrogens (primary N) is 1. The van der Waals surface area contributed by atoms with Crippen LogP contribution in [0.15, 0.2) is 30.5 Å². The van der Waals surface area contributed by atoms with Crippen molar-refractivity contribution in [2.24, 2.45) is 12.9 Å². The van der Waals surface area contributed by atoms with Gasteiger partial charge in [0.25, 0.3) is 0 Å². The second kappa shape index (κ2) is 3.92. The van der Waals surface area contributed by atoms with Gasteiger partial charge in [-0.15, -0.1) is 0 Å². The van der Waals surface area contributed by atoms with Crippen molar-refractivity contribution in [3.8, 4) is 0 Å². The van der Waals surface area contributed by atoms with Gasteiger partial charge in [-0.25, -0.2) is 5.90 Å². The SMILES string of the molecule is Cn1ccc2cccc(C(C)(C)CON)c21. The third-order valence-electron chi connectivity index (χ3n) is 3.07. The minimum Gasteiger partial charge on any atom is -0.350 e. The highest BCUT2D eigenvalue weighted by molar-refractivity contribution is 5.84. The molecule has 0 saturated carbocycles. The maximum absolute atomic E-state index is 5.20. The Hall–Kier alpha value is -1.32. The molecule has 0 aliphatic rings. The van der Waals surface area contributed by atoms with Crippen LogP contribution in [0.2, 0.25) is 0 Å². The van der Waals surface area contributed by atoms with E-state index in [0.717, 1.165) is 0 Å². The van der Waals surface area contributed by atoms with Crippen LogP contribution in [0.3, 0.4) is 0 Å². The molecule has 0 bridgehead atoms. The first-order valence-corrected chi connectivity index (χ1v) is 5.42. The highest BCUT2D eigenvalue weighted by Crippen LogP contribution is 2.30. The van der Waals surface area contributed by atoms with Crippen molar-refractivity contribution in [1.82, 2.24) is 4.57 Å². The first-order valence-electron chi connectivity index (χ1n) is 5.42. The van der Waals surface area contributed by atoms with E-state index in [-0.39, 0.29) is 5.41 Å². The summed E-state index contributed by atoms with van der Waals surface area (Å²) in [7, 11) is 2.06. The second-order valence-corrected chi connectivity index (χ2v) is 4.86. The molecule has 1 heterocycles. The van der Waals surface area contributed by atoms with Gasteiger partial charge in [-0.1, -0.05) is 32.0 Å². The van der Waals surface area contributed by atoms with Gasteiger partial charge in [0.15, 0.2) is 0 Å². The zero-order valence-corrected chi connectivity index (χ0v) is 10.0. The molecule has 86 valence electrons. The lowest BCUT2D eigenvalue weighted by Gasteiger charge is -2.25. The lowest BCUT2D eigenvalue weighted by molar-refractivity contribution is 0.0968. The number of hydrogen-bond acceptors (Lipinski definition) is 2. The van der Waals surface area contributed by atoms with E-state index < -0.39 is 0 Å². The number of rotatable bonds is 3. The number of nitrogens with zero attached hydrogens (tertiary/aromatic N) is 1. The summed E-state index contributed by atoms with van der Waals surface area (Å²) in [5, 5.41) is 1.25. The van der Waals surface area contributed by atoms with Gasteiger partial charge in [-0.05, 0) is 17.0 Å². The Labute approximate surface area is 95.8 Å². The van der Waals surface area contributed by atoms with E-state index in [0.29, 0.717) is 6.61 Å². The van der Waals surface area contributed by atoms with E-state index in [4.69, 9.17) is 10.7 Å². The van der Waals surface area contributed by atoms with E-state index >= 15 is 0 Å². The van der Waals surface area contributed by atoms with E-state index in [1.807, 2.05) is 0 Å². The Morgan fingerprint density at radius 2 is 2.06 bits per heavy atom. The summed E-state index contributed by atoms with van der Waals surface area (Å²) in [6, 6.07) is 8.47. The van der Waals surface area contributed by atoms with Crippen LogP contribution in [0.5, 0.6) is 0 Å². The van der Waals surface area contributed by atoms with Gasteiger partial charge >= 0.3 is 0 Å². The topological polar surface area (TPSA) is 40.2 Å². The van der Waals surface area contributed by atoms with Gasteiger partial charge in [0.2, 0.25) is 0 Å². The number of aromatic nitrogens is 1. The fourth-order valence-corrected chi connectivity index (χ4v) is 2.19. The Balaban J connectivity index is 2.63. The van der Waals surface area contributed by atoms with Gasteiger partial charge in [-0.3, -0.25) is 0 Å². The molecule has 2 N–H and O–H groups in total. The van der Waals surface area contributed by atoms with Crippen LogP contribution in [0.1, 0.15) is 19.4 Å². The van der Waals surface area contributed by atoms with Crippen molar-refractivity contribution in [2.75, 3.05) is 6.61 Å². The number of para-hydroxylation sites is 1. The first-order chi connectivity index (χ1) is 7.56. The van der Waals surface area contributed by atoms with Crippen LogP contribution < -0.4 is 5.90 Å². The van der Waals surface area contributed by atoms with Crippen LogP contribution >= 0.6 is 0 Å². The molecule has 0 aliphatic carbocycles. The summed E-state index contributed by atoms with van der Waals surface area (Å²) >= 11 is 0. The van der Waals surface area contributed by atoms with E-state index in [2.05, 4.69) is 55.9 Å². The molecular weight excluding hydrogens is 200 g/mol. The molecule has 1 aromatic heterocycles. The average molecular weight is 218 g/mol. The fourth-order valence-electron chi connectivity index (χ4n) is 2.19. The number of hydrogen-bond donors (Lipinski definition) is 1. The molecule has 0 saturated heterocycles. The van der Waals surface area contributed by atoms with Crippen molar-refractivity contribution >= 4 is 10.9 Å². The third kappa shape index (κ3) is 1.72. The Bertz CT molecular complexity index is 500. The minimum atomic E-state index is -0.0830. The zero-order chi connectivity index (χ0) is 11.8. The monoisotopic (exact) mass is 218 g/mol. The number of fused-ring (bicyclic) bond motifs is 1. The largest absolute Gasteiger partial charge is 0.350 e. The van der Waals surface area contributed by atoms with Crippen LogP contribution in [0.25, 0.3) is 10.9 Å². The Morgan fingerprint density at radius 3 is 2.75 bits per heavy atom. The molecule has 2 rings (SSSR count). The second-order valence-electron chi connectivity index (χ2n) is 4.86. The van der Waals surface area contributed by atoms with Crippen LogP contribution in [-0.4, -0.2) is 11.2 Å². The van der Waals surface area contributed by atoms with E-state index in [9.17, 15) is 0 Å². The fraction of sp³-hybridized carbons (Fsp3) is 0.385. The average Bonchev–Trinajstić information content (AvgIpc) is 2.60. The molecule has 0 spiro atoms. The highest BCUT2D eigenvalue weighted by Gasteiger charge is 2.24.